The molecule has 0 bridgehead atoms. The zero-order valence-electron chi connectivity index (χ0n) is 22.1. The number of carbonyl (C=O) groups is 2. The van der Waals surface area contributed by atoms with E-state index < -0.39 is 23.8 Å². The van der Waals surface area contributed by atoms with Crippen LogP contribution in [0.4, 0.5) is 10.1 Å². The summed E-state index contributed by atoms with van der Waals surface area (Å²) in [7, 11) is 1.56. The molecule has 1 aliphatic rings. The van der Waals surface area contributed by atoms with E-state index in [0.717, 1.165) is 32.1 Å². The molecule has 202 valence electrons. The first-order chi connectivity index (χ1) is 19.0. The summed E-state index contributed by atoms with van der Waals surface area (Å²) in [5.74, 6) is -0.850. The molecule has 1 fully saturated rings. The van der Waals surface area contributed by atoms with Crippen molar-refractivity contribution in [1.29, 1.82) is 0 Å². The first-order valence-corrected chi connectivity index (χ1v) is 13.3. The Kier molecular flexibility index (Phi) is 7.86. The Morgan fingerprint density at radius 2 is 1.69 bits per heavy atom. The number of rotatable bonds is 8. The summed E-state index contributed by atoms with van der Waals surface area (Å²) in [6.45, 7) is 1.68. The lowest BCUT2D eigenvalue weighted by atomic mass is 9.94. The maximum absolute atomic E-state index is 15.4. The minimum absolute atomic E-state index is 0.00116. The maximum Gasteiger partial charge on any atom is 0.252 e. The van der Waals surface area contributed by atoms with Gasteiger partial charge in [-0.2, -0.15) is 0 Å². The summed E-state index contributed by atoms with van der Waals surface area (Å²) in [4.78, 5) is 29.6. The smallest absolute Gasteiger partial charge is 0.252 e. The fourth-order valence-corrected chi connectivity index (χ4v) is 5.24. The standard InChI is InChI=1S/C30H32FN5O3/c1-20(36-27-15-9-7-13-25(27)33-34-36)30(38)35(26-14-8-6-12-24(26)31)28(21-16-18-23(39-2)19-17-21)29(37)32-22-10-4-3-5-11-22/h6-9,12-20,22,28H,3-5,10-11H2,1-2H3,(H,32,37)/t20-,28+/m1/s1. The van der Waals surface area contributed by atoms with Crippen LogP contribution in [0.15, 0.2) is 72.8 Å². The highest BCUT2D eigenvalue weighted by atomic mass is 19.1. The van der Waals surface area contributed by atoms with E-state index in [-0.39, 0.29) is 17.6 Å². The summed E-state index contributed by atoms with van der Waals surface area (Å²) in [5, 5.41) is 11.6. The molecular formula is C30H32FN5O3. The quantitative estimate of drug-likeness (QED) is 0.332. The Morgan fingerprint density at radius 3 is 2.41 bits per heavy atom. The van der Waals surface area contributed by atoms with Gasteiger partial charge in [0.2, 0.25) is 5.91 Å². The van der Waals surface area contributed by atoms with Crippen LogP contribution in [-0.4, -0.2) is 40.0 Å². The van der Waals surface area contributed by atoms with E-state index in [4.69, 9.17) is 4.74 Å². The summed E-state index contributed by atoms with van der Waals surface area (Å²) < 4.78 is 22.2. The van der Waals surface area contributed by atoms with Crippen molar-refractivity contribution in [3.05, 3.63) is 84.2 Å². The highest BCUT2D eigenvalue weighted by Crippen LogP contribution is 2.34. The van der Waals surface area contributed by atoms with E-state index in [2.05, 4.69) is 15.6 Å². The molecule has 4 aromatic rings. The number of benzene rings is 3. The number of nitrogens with one attached hydrogen (secondary N) is 1. The van der Waals surface area contributed by atoms with Crippen LogP contribution in [0.2, 0.25) is 0 Å². The Labute approximate surface area is 226 Å². The normalized spacial score (nSPS) is 15.5. The van der Waals surface area contributed by atoms with Gasteiger partial charge >= 0.3 is 0 Å². The number of halogens is 1. The van der Waals surface area contributed by atoms with Crippen LogP contribution in [0, 0.1) is 5.82 Å². The molecule has 39 heavy (non-hydrogen) atoms. The van der Waals surface area contributed by atoms with E-state index in [1.807, 2.05) is 24.3 Å². The fraction of sp³-hybridized carbons (Fsp3) is 0.333. The van der Waals surface area contributed by atoms with Crippen LogP contribution >= 0.6 is 0 Å². The van der Waals surface area contributed by atoms with Crippen molar-refractivity contribution in [3.8, 4) is 5.75 Å². The molecule has 1 saturated carbocycles. The number of methoxy groups -OCH3 is 1. The van der Waals surface area contributed by atoms with Gasteiger partial charge in [-0.05, 0) is 61.7 Å². The predicted octanol–water partition coefficient (Wildman–Crippen LogP) is 5.36. The topological polar surface area (TPSA) is 89.4 Å². The summed E-state index contributed by atoms with van der Waals surface area (Å²) in [6, 6.07) is 18.3. The molecule has 5 rings (SSSR count). The second-order valence-electron chi connectivity index (χ2n) is 9.88. The SMILES string of the molecule is COc1ccc([C@@H](C(=O)NC2CCCCC2)N(C(=O)[C@@H](C)n2nnc3ccccc32)c2ccccc2F)cc1. The lowest BCUT2D eigenvalue weighted by molar-refractivity contribution is -0.128. The number of carbonyl (C=O) groups excluding carboxylic acids is 2. The lowest BCUT2D eigenvalue weighted by Gasteiger charge is -2.35. The number of hydrogen-bond acceptors (Lipinski definition) is 5. The Bertz CT molecular complexity index is 1450. The molecule has 0 unspecified atom stereocenters. The molecule has 1 heterocycles. The van der Waals surface area contributed by atoms with Crippen molar-refractivity contribution in [1.82, 2.24) is 20.3 Å². The molecule has 1 aliphatic carbocycles. The second kappa shape index (κ2) is 11.6. The lowest BCUT2D eigenvalue weighted by Crippen LogP contribution is -2.49. The van der Waals surface area contributed by atoms with Gasteiger partial charge in [0.15, 0.2) is 0 Å². The number of aromatic nitrogens is 3. The minimum atomic E-state index is -1.13. The van der Waals surface area contributed by atoms with Crippen molar-refractivity contribution in [2.75, 3.05) is 12.0 Å². The number of anilines is 1. The Balaban J connectivity index is 1.61. The molecule has 0 spiro atoms. The number of para-hydroxylation sites is 2. The van der Waals surface area contributed by atoms with Crippen molar-refractivity contribution in [3.63, 3.8) is 0 Å². The Hall–Kier alpha value is -4.27. The third kappa shape index (κ3) is 5.48. The molecule has 8 nitrogen and oxygen atoms in total. The van der Waals surface area contributed by atoms with Crippen LogP contribution in [0.1, 0.15) is 56.7 Å². The molecule has 0 saturated heterocycles. The monoisotopic (exact) mass is 529 g/mol. The van der Waals surface area contributed by atoms with E-state index in [0.29, 0.717) is 22.3 Å². The summed E-state index contributed by atoms with van der Waals surface area (Å²) >= 11 is 0. The second-order valence-corrected chi connectivity index (χ2v) is 9.88. The van der Waals surface area contributed by atoms with Crippen LogP contribution in [-0.2, 0) is 9.59 Å². The van der Waals surface area contributed by atoms with Gasteiger partial charge in [0.05, 0.1) is 18.3 Å². The van der Waals surface area contributed by atoms with Gasteiger partial charge in [0.1, 0.15) is 29.2 Å². The van der Waals surface area contributed by atoms with Crippen molar-refractivity contribution in [2.45, 2.75) is 57.2 Å². The molecular weight excluding hydrogens is 497 g/mol. The van der Waals surface area contributed by atoms with Crippen LogP contribution < -0.4 is 15.0 Å². The van der Waals surface area contributed by atoms with Gasteiger partial charge in [-0.25, -0.2) is 9.07 Å². The maximum atomic E-state index is 15.4. The van der Waals surface area contributed by atoms with Crippen LogP contribution in [0.5, 0.6) is 5.75 Å². The number of fused-ring (bicyclic) bond motifs is 1. The van der Waals surface area contributed by atoms with Gasteiger partial charge in [0.25, 0.3) is 5.91 Å². The first-order valence-electron chi connectivity index (χ1n) is 13.3. The van der Waals surface area contributed by atoms with E-state index in [1.165, 1.54) is 21.7 Å². The molecule has 0 radical (unpaired) electrons. The van der Waals surface area contributed by atoms with Crippen LogP contribution in [0.3, 0.4) is 0 Å². The summed E-state index contributed by atoms with van der Waals surface area (Å²) in [6.07, 6.45) is 4.94. The molecule has 3 aromatic carbocycles. The van der Waals surface area contributed by atoms with Gasteiger partial charge in [0, 0.05) is 6.04 Å². The highest BCUT2D eigenvalue weighted by Gasteiger charge is 2.38. The van der Waals surface area contributed by atoms with Gasteiger partial charge in [-0.15, -0.1) is 5.10 Å². The average Bonchev–Trinajstić information content (AvgIpc) is 3.40. The van der Waals surface area contributed by atoms with Gasteiger partial charge in [-0.1, -0.05) is 60.9 Å². The molecule has 1 N–H and O–H groups in total. The number of nitrogens with zero attached hydrogens (tertiary/aromatic N) is 4. The third-order valence-electron chi connectivity index (χ3n) is 7.34. The molecule has 0 aliphatic heterocycles. The molecule has 2 atom stereocenters. The first kappa shape index (κ1) is 26.3. The summed E-state index contributed by atoms with van der Waals surface area (Å²) in [5.41, 5.74) is 1.85. The average molecular weight is 530 g/mol. The Morgan fingerprint density at radius 1 is 1.00 bits per heavy atom. The fourth-order valence-electron chi connectivity index (χ4n) is 5.24. The minimum Gasteiger partial charge on any atom is -0.497 e. The zero-order valence-corrected chi connectivity index (χ0v) is 22.1. The van der Waals surface area contributed by atoms with Crippen molar-refractivity contribution < 1.29 is 18.7 Å². The van der Waals surface area contributed by atoms with E-state index in [9.17, 15) is 9.59 Å². The number of ether oxygens (including phenoxy) is 1. The molecule has 2 amide bonds. The number of amides is 2. The molecule has 9 heteroatoms. The highest BCUT2D eigenvalue weighted by molar-refractivity contribution is 6.03. The van der Waals surface area contributed by atoms with Crippen LogP contribution in [0.25, 0.3) is 11.0 Å². The van der Waals surface area contributed by atoms with Crippen molar-refractivity contribution >= 4 is 28.5 Å². The van der Waals surface area contributed by atoms with E-state index in [1.54, 1.807) is 50.4 Å². The van der Waals surface area contributed by atoms with Crippen molar-refractivity contribution in [2.24, 2.45) is 0 Å². The van der Waals surface area contributed by atoms with Gasteiger partial charge < -0.3 is 10.1 Å². The van der Waals surface area contributed by atoms with Gasteiger partial charge in [-0.3, -0.25) is 14.5 Å². The largest absolute Gasteiger partial charge is 0.497 e. The molecule has 1 aromatic heterocycles. The third-order valence-corrected chi connectivity index (χ3v) is 7.34. The number of hydrogen-bond donors (Lipinski definition) is 1. The predicted molar refractivity (Wildman–Crippen MR) is 147 cm³/mol. The van der Waals surface area contributed by atoms with E-state index >= 15 is 4.39 Å². The zero-order chi connectivity index (χ0) is 27.4.